The van der Waals surface area contributed by atoms with Crippen LogP contribution in [0.25, 0.3) is 22.3 Å². The molecule has 0 amide bonds. The Hall–Kier alpha value is -3.12. The third-order valence-electron chi connectivity index (χ3n) is 10.1. The van der Waals surface area contributed by atoms with Gasteiger partial charge in [-0.1, -0.05) is 174 Å². The van der Waals surface area contributed by atoms with Crippen LogP contribution in [0.5, 0.6) is 0 Å². The van der Waals surface area contributed by atoms with Gasteiger partial charge >= 0.3 is 0 Å². The van der Waals surface area contributed by atoms with Crippen molar-refractivity contribution < 1.29 is 0 Å². The van der Waals surface area contributed by atoms with E-state index in [0.29, 0.717) is 23.7 Å². The molecule has 1 aliphatic rings. The van der Waals surface area contributed by atoms with Crippen molar-refractivity contribution in [1.82, 2.24) is 0 Å². The van der Waals surface area contributed by atoms with E-state index in [-0.39, 0.29) is 5.41 Å². The predicted molar refractivity (Wildman–Crippen MR) is 200 cm³/mol. The van der Waals surface area contributed by atoms with Crippen LogP contribution in [0.15, 0.2) is 84.9 Å². The number of rotatable bonds is 11. The van der Waals surface area contributed by atoms with Crippen molar-refractivity contribution in [2.75, 3.05) is 0 Å². The lowest BCUT2D eigenvalue weighted by Gasteiger charge is -2.33. The Kier molecular flexibility index (Phi) is 11.9. The van der Waals surface area contributed by atoms with Crippen LogP contribution in [0.4, 0.5) is 0 Å². The number of benzene rings is 4. The molecular weight excluding hydrogens is 540 g/mol. The fourth-order valence-electron chi connectivity index (χ4n) is 7.60. The summed E-state index contributed by atoms with van der Waals surface area (Å²) in [6.07, 6.45) is 7.56. The molecule has 45 heavy (non-hydrogen) atoms. The third-order valence-corrected chi connectivity index (χ3v) is 10.1. The molecule has 0 aromatic heterocycles. The van der Waals surface area contributed by atoms with Gasteiger partial charge in [0, 0.05) is 5.41 Å². The summed E-state index contributed by atoms with van der Waals surface area (Å²) in [6.45, 7) is 22.9. The Morgan fingerprint density at radius 3 is 1.42 bits per heavy atom. The fourth-order valence-corrected chi connectivity index (χ4v) is 7.60. The van der Waals surface area contributed by atoms with Crippen LogP contribution >= 0.6 is 0 Å². The van der Waals surface area contributed by atoms with E-state index >= 15 is 0 Å². The number of unbranched alkanes of at least 4 members (excludes halogenated alkanes) is 2. The second kappa shape index (κ2) is 15.4. The number of fused-ring (bicyclic) bond motifs is 3. The maximum absolute atomic E-state index is 2.55. The molecule has 0 radical (unpaired) electrons. The lowest BCUT2D eigenvalue weighted by molar-refractivity contribution is 0.414. The molecule has 0 saturated heterocycles. The molecule has 0 bridgehead atoms. The highest BCUT2D eigenvalue weighted by atomic mass is 14.4. The Bertz CT molecular complexity index is 1490. The second-order valence-corrected chi connectivity index (χ2v) is 14.7. The fraction of sp³-hybridized carbons (Fsp3) is 0.467. The summed E-state index contributed by atoms with van der Waals surface area (Å²) >= 11 is 0. The molecule has 5 rings (SSSR count). The summed E-state index contributed by atoms with van der Waals surface area (Å²) in [5.74, 6) is 2.38. The quantitative estimate of drug-likeness (QED) is 0.161. The van der Waals surface area contributed by atoms with Gasteiger partial charge in [0.1, 0.15) is 0 Å². The van der Waals surface area contributed by atoms with Gasteiger partial charge in [0.2, 0.25) is 0 Å². The minimum Gasteiger partial charge on any atom is -0.0654 e. The molecular formula is C45H60. The summed E-state index contributed by atoms with van der Waals surface area (Å²) in [7, 11) is 0. The van der Waals surface area contributed by atoms with Crippen molar-refractivity contribution in [3.63, 3.8) is 0 Å². The summed E-state index contributed by atoms with van der Waals surface area (Å²) < 4.78 is 0. The minimum atomic E-state index is 0.159. The maximum atomic E-state index is 2.55. The first-order valence-electron chi connectivity index (χ1n) is 18.0. The monoisotopic (exact) mass is 600 g/mol. The van der Waals surface area contributed by atoms with E-state index < -0.39 is 0 Å². The molecule has 0 spiro atoms. The third kappa shape index (κ3) is 7.48. The van der Waals surface area contributed by atoms with Gasteiger partial charge in [-0.3, -0.25) is 0 Å². The Labute approximate surface area is 276 Å². The van der Waals surface area contributed by atoms with Gasteiger partial charge < -0.3 is 0 Å². The van der Waals surface area contributed by atoms with E-state index in [4.69, 9.17) is 0 Å². The van der Waals surface area contributed by atoms with Crippen LogP contribution in [-0.2, 0) is 5.41 Å². The Morgan fingerprint density at radius 2 is 0.889 bits per heavy atom. The van der Waals surface area contributed by atoms with Gasteiger partial charge in [0.05, 0.1) is 0 Å². The van der Waals surface area contributed by atoms with Crippen molar-refractivity contribution >= 4 is 0 Å². The molecule has 0 heterocycles. The minimum absolute atomic E-state index is 0.159. The standard InChI is InChI=1S/C33H42.C12H18/c1-7-9-19-33(20-10-8-2)31-14-12-11-13-28(31)29-18-16-26(22-32(29)33)25-15-17-27(23(3)4)30(21-25)24(5)6;1-9(2)11-7-5-6-8-12(11)10(3)4/h11-18,21-24H,7-10,19-20H2,1-6H3;5-10H,1-4H3. The summed E-state index contributed by atoms with van der Waals surface area (Å²) in [5, 5.41) is 0. The second-order valence-electron chi connectivity index (χ2n) is 14.7. The van der Waals surface area contributed by atoms with Crippen LogP contribution in [-0.4, -0.2) is 0 Å². The molecule has 1 aliphatic carbocycles. The van der Waals surface area contributed by atoms with Gasteiger partial charge in [-0.15, -0.1) is 0 Å². The molecule has 0 N–H and O–H groups in total. The smallest absolute Gasteiger partial charge is 0.0215 e. The molecule has 4 aromatic carbocycles. The van der Waals surface area contributed by atoms with Crippen molar-refractivity contribution in [2.45, 2.75) is 137 Å². The average molecular weight is 601 g/mol. The molecule has 4 aromatic rings. The van der Waals surface area contributed by atoms with E-state index in [9.17, 15) is 0 Å². The van der Waals surface area contributed by atoms with Crippen LogP contribution < -0.4 is 0 Å². The van der Waals surface area contributed by atoms with Gasteiger partial charge in [-0.2, -0.15) is 0 Å². The summed E-state index contributed by atoms with van der Waals surface area (Å²) in [6, 6.07) is 32.5. The number of hydrogen-bond donors (Lipinski definition) is 0. The van der Waals surface area contributed by atoms with Crippen molar-refractivity contribution in [1.29, 1.82) is 0 Å². The van der Waals surface area contributed by atoms with Crippen molar-refractivity contribution in [3.8, 4) is 22.3 Å². The van der Waals surface area contributed by atoms with Gasteiger partial charge in [-0.05, 0) is 98.2 Å². The molecule has 0 heteroatoms. The van der Waals surface area contributed by atoms with E-state index in [0.717, 1.165) is 0 Å². The Morgan fingerprint density at radius 1 is 0.444 bits per heavy atom. The van der Waals surface area contributed by atoms with Gasteiger partial charge in [0.25, 0.3) is 0 Å². The zero-order valence-electron chi connectivity index (χ0n) is 30.1. The molecule has 0 atom stereocenters. The first kappa shape index (κ1) is 34.7. The van der Waals surface area contributed by atoms with E-state index in [2.05, 4.69) is 154 Å². The van der Waals surface area contributed by atoms with Gasteiger partial charge in [-0.25, -0.2) is 0 Å². The van der Waals surface area contributed by atoms with Crippen molar-refractivity contribution in [2.24, 2.45) is 0 Å². The molecule has 240 valence electrons. The lowest BCUT2D eigenvalue weighted by Crippen LogP contribution is -2.25. The van der Waals surface area contributed by atoms with Crippen molar-refractivity contribution in [3.05, 3.63) is 118 Å². The Balaban J connectivity index is 0.000000323. The average Bonchev–Trinajstić information content (AvgIpc) is 3.31. The molecule has 0 aliphatic heterocycles. The van der Waals surface area contributed by atoms with Crippen LogP contribution in [0, 0.1) is 0 Å². The highest BCUT2D eigenvalue weighted by Crippen LogP contribution is 2.54. The summed E-state index contributed by atoms with van der Waals surface area (Å²) in [5.41, 5.74) is 14.9. The van der Waals surface area contributed by atoms with Crippen LogP contribution in [0.3, 0.4) is 0 Å². The first-order valence-corrected chi connectivity index (χ1v) is 18.0. The van der Waals surface area contributed by atoms with E-state index in [1.165, 1.54) is 83.0 Å². The highest BCUT2D eigenvalue weighted by Gasteiger charge is 2.42. The zero-order chi connectivity index (χ0) is 32.7. The molecule has 0 unspecified atom stereocenters. The zero-order valence-corrected chi connectivity index (χ0v) is 30.1. The first-order chi connectivity index (χ1) is 21.5. The maximum Gasteiger partial charge on any atom is 0.0215 e. The van der Waals surface area contributed by atoms with Gasteiger partial charge in [0.15, 0.2) is 0 Å². The van der Waals surface area contributed by atoms with Crippen LogP contribution in [0.2, 0.25) is 0 Å². The van der Waals surface area contributed by atoms with Crippen LogP contribution in [0.1, 0.15) is 165 Å². The molecule has 0 saturated carbocycles. The van der Waals surface area contributed by atoms with E-state index in [1.807, 2.05) is 0 Å². The summed E-state index contributed by atoms with van der Waals surface area (Å²) in [4.78, 5) is 0. The topological polar surface area (TPSA) is 0 Å². The lowest BCUT2D eigenvalue weighted by atomic mass is 9.70. The normalized spacial score (nSPS) is 13.3. The SMILES string of the molecule is CC(C)c1ccccc1C(C)C.CCCCC1(CCCC)c2ccccc2-c2ccc(-c3ccc(C(C)C)c(C(C)C)c3)cc21. The largest absolute Gasteiger partial charge is 0.0654 e. The molecule has 0 fully saturated rings. The highest BCUT2D eigenvalue weighted by molar-refractivity contribution is 5.84. The number of hydrogen-bond acceptors (Lipinski definition) is 0. The predicted octanol–water partition coefficient (Wildman–Crippen LogP) is 14.2. The van der Waals surface area contributed by atoms with E-state index in [1.54, 1.807) is 11.1 Å². The molecule has 0 nitrogen and oxygen atoms in total.